The molecule has 3 saturated carbocycles. The summed E-state index contributed by atoms with van der Waals surface area (Å²) in [6.07, 6.45) is 3.27. The molecule has 0 unspecified atom stereocenters. The Kier molecular flexibility index (Phi) is 5.56. The number of carbonyl (C=O) groups is 4. The molecular weight excluding hydrogens is 456 g/mol. The Morgan fingerprint density at radius 3 is 2.26 bits per heavy atom. The first-order valence-corrected chi connectivity index (χ1v) is 11.8. The Morgan fingerprint density at radius 2 is 1.71 bits per heavy atom. The second-order valence-electron chi connectivity index (χ2n) is 11.0. The number of fused-ring (bicyclic) bond motifs is 3. The molecule has 0 aromatic rings. The van der Waals surface area contributed by atoms with Gasteiger partial charge in [-0.3, -0.25) is 19.2 Å². The van der Waals surface area contributed by atoms with Gasteiger partial charge in [0.15, 0.2) is 0 Å². The van der Waals surface area contributed by atoms with Crippen LogP contribution in [0.4, 0.5) is 0 Å². The predicted octanol–water partition coefficient (Wildman–Crippen LogP) is 2.26. The Labute approximate surface area is 204 Å². The highest BCUT2D eigenvalue weighted by molar-refractivity contribution is 5.84. The van der Waals surface area contributed by atoms with Crippen molar-refractivity contribution >= 4 is 23.9 Å². The number of carbonyl (C=O) groups excluding carboxylic acids is 4. The highest BCUT2D eigenvalue weighted by Crippen LogP contribution is 2.79. The van der Waals surface area contributed by atoms with Gasteiger partial charge in [0.2, 0.25) is 0 Å². The van der Waals surface area contributed by atoms with Crippen LogP contribution < -0.4 is 0 Å². The molecule has 3 fully saturated rings. The van der Waals surface area contributed by atoms with Crippen LogP contribution in [0.5, 0.6) is 0 Å². The lowest BCUT2D eigenvalue weighted by Crippen LogP contribution is -2.60. The van der Waals surface area contributed by atoms with Gasteiger partial charge in [-0.05, 0) is 37.8 Å². The molecule has 35 heavy (non-hydrogen) atoms. The van der Waals surface area contributed by atoms with Crippen LogP contribution in [0.3, 0.4) is 0 Å². The third-order valence-corrected chi connectivity index (χ3v) is 9.52. The van der Waals surface area contributed by atoms with Crippen molar-refractivity contribution in [3.63, 3.8) is 0 Å². The molecule has 0 radical (unpaired) electrons. The zero-order chi connectivity index (χ0) is 26.2. The van der Waals surface area contributed by atoms with Gasteiger partial charge in [0, 0.05) is 37.0 Å². The smallest absolute Gasteiger partial charge is 0.315 e. The average Bonchev–Trinajstić information content (AvgIpc) is 3.12. The van der Waals surface area contributed by atoms with Gasteiger partial charge in [-0.25, -0.2) is 0 Å². The molecule has 9 nitrogen and oxygen atoms in total. The summed E-state index contributed by atoms with van der Waals surface area (Å²) >= 11 is 0. The van der Waals surface area contributed by atoms with Gasteiger partial charge in [-0.1, -0.05) is 19.6 Å². The van der Waals surface area contributed by atoms with E-state index in [1.165, 1.54) is 28.1 Å². The monoisotopic (exact) mass is 490 g/mol. The van der Waals surface area contributed by atoms with E-state index in [-0.39, 0.29) is 19.3 Å². The maximum atomic E-state index is 13.6. The van der Waals surface area contributed by atoms with E-state index in [0.29, 0.717) is 12.0 Å². The van der Waals surface area contributed by atoms with Crippen LogP contribution in [0.25, 0.3) is 0 Å². The van der Waals surface area contributed by atoms with E-state index in [1.807, 2.05) is 6.92 Å². The van der Waals surface area contributed by atoms with Crippen LogP contribution in [-0.4, -0.2) is 60.5 Å². The topological polar surface area (TPSA) is 125 Å². The van der Waals surface area contributed by atoms with Gasteiger partial charge >= 0.3 is 23.9 Å². The summed E-state index contributed by atoms with van der Waals surface area (Å²) in [6, 6.07) is 0. The largest absolute Gasteiger partial charge is 0.469 e. The van der Waals surface area contributed by atoms with Crippen LogP contribution >= 0.6 is 0 Å². The molecule has 4 rings (SSSR count). The van der Waals surface area contributed by atoms with Crippen molar-refractivity contribution in [3.8, 4) is 0 Å². The van der Waals surface area contributed by atoms with E-state index in [1.54, 1.807) is 19.1 Å². The molecule has 0 aliphatic heterocycles. The van der Waals surface area contributed by atoms with Crippen molar-refractivity contribution in [1.82, 2.24) is 0 Å². The zero-order valence-electron chi connectivity index (χ0n) is 21.1. The minimum absolute atomic E-state index is 0.171. The molecule has 4 aliphatic carbocycles. The van der Waals surface area contributed by atoms with Gasteiger partial charge in [0.05, 0.1) is 25.7 Å². The summed E-state index contributed by atoms with van der Waals surface area (Å²) < 4.78 is 21.8. The van der Waals surface area contributed by atoms with Gasteiger partial charge in [0.1, 0.15) is 17.1 Å². The Balaban J connectivity index is 2.00. The summed E-state index contributed by atoms with van der Waals surface area (Å²) in [7, 11) is 2.50. The van der Waals surface area contributed by atoms with Crippen LogP contribution in [0, 0.1) is 28.1 Å². The fourth-order valence-electron chi connectivity index (χ4n) is 8.24. The minimum atomic E-state index is -1.52. The third kappa shape index (κ3) is 2.90. The molecule has 1 spiro atoms. The second kappa shape index (κ2) is 7.66. The Bertz CT molecular complexity index is 1050. The fraction of sp³-hybridized carbons (Fsp3) is 0.692. The number of methoxy groups -OCH3 is 2. The van der Waals surface area contributed by atoms with E-state index in [0.717, 1.165) is 0 Å². The van der Waals surface area contributed by atoms with Gasteiger partial charge in [0.25, 0.3) is 0 Å². The summed E-state index contributed by atoms with van der Waals surface area (Å²) in [5.74, 6) is -4.18. The van der Waals surface area contributed by atoms with E-state index in [9.17, 15) is 24.3 Å². The first-order valence-electron chi connectivity index (χ1n) is 11.8. The van der Waals surface area contributed by atoms with E-state index >= 15 is 0 Å². The average molecular weight is 491 g/mol. The van der Waals surface area contributed by atoms with E-state index < -0.39 is 69.3 Å². The molecule has 2 bridgehead atoms. The quantitative estimate of drug-likeness (QED) is 0.359. The van der Waals surface area contributed by atoms with Crippen molar-refractivity contribution in [2.75, 3.05) is 14.2 Å². The highest BCUT2D eigenvalue weighted by Gasteiger charge is 2.84. The van der Waals surface area contributed by atoms with Crippen LogP contribution in [0.1, 0.15) is 53.4 Å². The van der Waals surface area contributed by atoms with Crippen molar-refractivity contribution in [3.05, 3.63) is 24.3 Å². The minimum Gasteiger partial charge on any atom is -0.469 e. The van der Waals surface area contributed by atoms with Crippen molar-refractivity contribution in [2.24, 2.45) is 28.1 Å². The van der Waals surface area contributed by atoms with Gasteiger partial charge < -0.3 is 24.1 Å². The first-order chi connectivity index (χ1) is 16.2. The molecule has 1 N–H and O–H groups in total. The normalized spacial score (nSPS) is 45.2. The number of esters is 4. The fourth-order valence-corrected chi connectivity index (χ4v) is 8.24. The summed E-state index contributed by atoms with van der Waals surface area (Å²) in [6.45, 7) is 10.2. The summed E-state index contributed by atoms with van der Waals surface area (Å²) in [5, 5.41) is 12.6. The molecule has 8 atom stereocenters. The Morgan fingerprint density at radius 1 is 1.06 bits per heavy atom. The maximum Gasteiger partial charge on any atom is 0.315 e. The first kappa shape index (κ1) is 25.4. The lowest BCUT2D eigenvalue weighted by Gasteiger charge is -2.54. The van der Waals surface area contributed by atoms with Gasteiger partial charge in [-0.15, -0.1) is 0 Å². The third-order valence-electron chi connectivity index (χ3n) is 9.52. The van der Waals surface area contributed by atoms with Gasteiger partial charge in [-0.2, -0.15) is 0 Å². The molecular formula is C26H34O9. The number of ether oxygens (including phenoxy) is 4. The SMILES string of the molecule is C=C1C[C@]23C[C@@]1(OC(C)=O)CC[C@]2(O)[C@]1(C)C=C[C@H](OC(C)=O)[C@@](C)(C(=O)OC)[C@H]1[C@@H]3C(=O)OC. The van der Waals surface area contributed by atoms with Crippen molar-refractivity contribution in [1.29, 1.82) is 0 Å². The predicted molar refractivity (Wildman–Crippen MR) is 121 cm³/mol. The molecule has 0 amide bonds. The lowest BCUT2D eigenvalue weighted by atomic mass is 9.53. The Hall–Kier alpha value is -2.68. The number of hydrogen-bond donors (Lipinski definition) is 1. The number of hydrogen-bond acceptors (Lipinski definition) is 9. The molecule has 0 saturated heterocycles. The number of rotatable bonds is 4. The lowest BCUT2D eigenvalue weighted by molar-refractivity contribution is -0.192. The standard InChI is InChI=1S/C26H34O9/c1-14-12-24-13-25(14,35-16(3)28)10-11-26(24,31)22(4)9-8-17(34-15(2)27)23(5,21(30)33-7)19(22)18(24)20(29)32-6/h8-9,17-19,31H,1,10-13H2,2-7H3/t17-,18+,19-,22+,23+,24+,25-,26-/m0/s1. The number of aliphatic hydroxyl groups is 1. The zero-order valence-corrected chi connectivity index (χ0v) is 21.1. The van der Waals surface area contributed by atoms with Crippen molar-refractivity contribution < 1.29 is 43.2 Å². The molecule has 4 aliphatic rings. The molecule has 0 aromatic heterocycles. The van der Waals surface area contributed by atoms with Crippen molar-refractivity contribution in [2.45, 2.75) is 70.7 Å². The van der Waals surface area contributed by atoms with Crippen LogP contribution in [-0.2, 0) is 38.1 Å². The molecule has 192 valence electrons. The molecule has 9 heteroatoms. The molecule has 0 heterocycles. The summed E-state index contributed by atoms with van der Waals surface area (Å²) in [5.41, 5.74) is -5.61. The van der Waals surface area contributed by atoms with E-state index in [4.69, 9.17) is 18.9 Å². The van der Waals surface area contributed by atoms with Crippen LogP contribution in [0.2, 0.25) is 0 Å². The molecule has 0 aromatic carbocycles. The van der Waals surface area contributed by atoms with E-state index in [2.05, 4.69) is 6.58 Å². The second-order valence-corrected chi connectivity index (χ2v) is 11.0. The highest BCUT2D eigenvalue weighted by atomic mass is 16.6. The maximum absolute atomic E-state index is 13.6. The van der Waals surface area contributed by atoms with Crippen LogP contribution in [0.15, 0.2) is 24.3 Å². The summed E-state index contributed by atoms with van der Waals surface area (Å²) in [4.78, 5) is 51.0.